The number of fused-ring (bicyclic) bond motifs is 1. The number of nitrogens with zero attached hydrogens (tertiary/aromatic N) is 3. The molecule has 1 amide bonds. The highest BCUT2D eigenvalue weighted by Gasteiger charge is 2.27. The average molecular weight is 501 g/mol. The zero-order chi connectivity index (χ0) is 24.2. The summed E-state index contributed by atoms with van der Waals surface area (Å²) in [5, 5.41) is 12.5. The Morgan fingerprint density at radius 2 is 2.00 bits per heavy atom. The Hall–Kier alpha value is -2.85. The molecule has 0 bridgehead atoms. The number of esters is 1. The van der Waals surface area contributed by atoms with Crippen LogP contribution in [0.3, 0.4) is 0 Å². The van der Waals surface area contributed by atoms with Gasteiger partial charge in [-0.3, -0.25) is 4.79 Å². The number of amides is 1. The number of hydrogen-bond acceptors (Lipinski definition) is 8. The fraction of sp³-hybridized carbons (Fsp3) is 0.417. The summed E-state index contributed by atoms with van der Waals surface area (Å²) in [4.78, 5) is 26.2. The molecular weight excluding hydrogens is 472 g/mol. The second-order valence-corrected chi connectivity index (χ2v) is 10.3. The molecule has 0 fully saturated rings. The van der Waals surface area contributed by atoms with Crippen molar-refractivity contribution in [3.05, 3.63) is 51.2 Å². The van der Waals surface area contributed by atoms with Crippen LogP contribution in [0.5, 0.6) is 5.75 Å². The van der Waals surface area contributed by atoms with Crippen LogP contribution in [0.2, 0.25) is 0 Å². The van der Waals surface area contributed by atoms with Gasteiger partial charge in [-0.25, -0.2) is 4.79 Å². The van der Waals surface area contributed by atoms with Gasteiger partial charge in [-0.05, 0) is 62.3 Å². The molecule has 0 radical (unpaired) electrons. The normalized spacial score (nSPS) is 12.8. The standard InChI is InChI=1S/C24H28N4O4S2/c1-14-9-10-15(2)17(11-14)32-12-19-26-27-24(28(19)3)33-13-20(29)25-22-21(23(30)31-4)16-7-5-6-8-18(16)34-22/h9-11H,5-8,12-13H2,1-4H3,(H,25,29). The molecule has 0 spiro atoms. The van der Waals surface area contributed by atoms with E-state index in [1.54, 1.807) is 0 Å². The van der Waals surface area contributed by atoms with Crippen molar-refractivity contribution in [2.24, 2.45) is 7.05 Å². The lowest BCUT2D eigenvalue weighted by molar-refractivity contribution is -0.113. The van der Waals surface area contributed by atoms with Crippen molar-refractivity contribution in [1.82, 2.24) is 14.8 Å². The maximum atomic E-state index is 12.7. The number of thiophene rings is 1. The summed E-state index contributed by atoms with van der Waals surface area (Å²) in [6.45, 7) is 4.30. The highest BCUT2D eigenvalue weighted by Crippen LogP contribution is 2.38. The van der Waals surface area contributed by atoms with E-state index in [0.29, 0.717) is 21.5 Å². The van der Waals surface area contributed by atoms with Gasteiger partial charge in [-0.15, -0.1) is 21.5 Å². The zero-order valence-corrected chi connectivity index (χ0v) is 21.4. The number of nitrogens with one attached hydrogen (secondary N) is 1. The van der Waals surface area contributed by atoms with E-state index in [0.717, 1.165) is 53.0 Å². The van der Waals surface area contributed by atoms with Crippen molar-refractivity contribution in [1.29, 1.82) is 0 Å². The molecule has 10 heteroatoms. The lowest BCUT2D eigenvalue weighted by Crippen LogP contribution is -2.17. The summed E-state index contributed by atoms with van der Waals surface area (Å²) in [5.74, 6) is 1.03. The first-order valence-corrected chi connectivity index (χ1v) is 12.9. The molecule has 0 saturated heterocycles. The highest BCUT2D eigenvalue weighted by atomic mass is 32.2. The van der Waals surface area contributed by atoms with Crippen molar-refractivity contribution < 1.29 is 19.1 Å². The van der Waals surface area contributed by atoms with Crippen molar-refractivity contribution in [2.75, 3.05) is 18.2 Å². The zero-order valence-electron chi connectivity index (χ0n) is 19.8. The average Bonchev–Trinajstić information content (AvgIpc) is 3.37. The van der Waals surface area contributed by atoms with Crippen LogP contribution in [0.4, 0.5) is 5.00 Å². The molecule has 3 aromatic rings. The van der Waals surface area contributed by atoms with Gasteiger partial charge in [0.15, 0.2) is 11.0 Å². The monoisotopic (exact) mass is 500 g/mol. The predicted molar refractivity (Wildman–Crippen MR) is 133 cm³/mol. The quantitative estimate of drug-likeness (QED) is 0.360. The summed E-state index contributed by atoms with van der Waals surface area (Å²) in [7, 11) is 3.22. The maximum absolute atomic E-state index is 12.7. The number of anilines is 1. The predicted octanol–water partition coefficient (Wildman–Crippen LogP) is 4.47. The smallest absolute Gasteiger partial charge is 0.341 e. The maximum Gasteiger partial charge on any atom is 0.341 e. The minimum absolute atomic E-state index is 0.146. The van der Waals surface area contributed by atoms with E-state index in [-0.39, 0.29) is 18.3 Å². The van der Waals surface area contributed by atoms with Gasteiger partial charge in [0.05, 0.1) is 18.4 Å². The minimum atomic E-state index is -0.399. The lowest BCUT2D eigenvalue weighted by atomic mass is 9.95. The largest absolute Gasteiger partial charge is 0.485 e. The first-order chi connectivity index (χ1) is 16.4. The lowest BCUT2D eigenvalue weighted by Gasteiger charge is -2.11. The number of thioether (sulfide) groups is 1. The van der Waals surface area contributed by atoms with E-state index in [2.05, 4.69) is 15.5 Å². The molecule has 2 aromatic heterocycles. The highest BCUT2D eigenvalue weighted by molar-refractivity contribution is 7.99. The van der Waals surface area contributed by atoms with Crippen LogP contribution in [0, 0.1) is 13.8 Å². The molecule has 1 N–H and O–H groups in total. The topological polar surface area (TPSA) is 95.3 Å². The number of aryl methyl sites for hydroxylation is 3. The van der Waals surface area contributed by atoms with Crippen LogP contribution in [0.1, 0.15) is 50.6 Å². The molecule has 0 saturated carbocycles. The molecule has 0 unspecified atom stereocenters. The second kappa shape index (κ2) is 10.6. The number of benzene rings is 1. The van der Waals surface area contributed by atoms with Crippen LogP contribution in [0.25, 0.3) is 0 Å². The summed E-state index contributed by atoms with van der Waals surface area (Å²) in [5.41, 5.74) is 3.71. The van der Waals surface area contributed by atoms with Gasteiger partial charge in [0.1, 0.15) is 17.4 Å². The second-order valence-electron chi connectivity index (χ2n) is 8.26. The molecule has 0 aliphatic heterocycles. The van der Waals surface area contributed by atoms with E-state index in [9.17, 15) is 9.59 Å². The Morgan fingerprint density at radius 3 is 2.79 bits per heavy atom. The molecule has 4 rings (SSSR count). The van der Waals surface area contributed by atoms with Crippen molar-refractivity contribution in [3.8, 4) is 5.75 Å². The molecule has 180 valence electrons. The van der Waals surface area contributed by atoms with Crippen LogP contribution < -0.4 is 10.1 Å². The molecular formula is C24H28N4O4S2. The van der Waals surface area contributed by atoms with Crippen molar-refractivity contribution in [3.63, 3.8) is 0 Å². The number of ether oxygens (including phenoxy) is 2. The Labute approximate surface area is 207 Å². The Kier molecular flexibility index (Phi) is 7.57. The van der Waals surface area contributed by atoms with Gasteiger partial charge in [0, 0.05) is 11.9 Å². The third-order valence-electron chi connectivity index (χ3n) is 5.77. The van der Waals surface area contributed by atoms with E-state index in [4.69, 9.17) is 9.47 Å². The third kappa shape index (κ3) is 5.28. The SMILES string of the molecule is COC(=O)c1c(NC(=O)CSc2nnc(COc3cc(C)ccc3C)n2C)sc2c1CCCC2. The number of hydrogen-bond donors (Lipinski definition) is 1. The Morgan fingerprint density at radius 1 is 1.21 bits per heavy atom. The van der Waals surface area contributed by atoms with Gasteiger partial charge < -0.3 is 19.4 Å². The van der Waals surface area contributed by atoms with Gasteiger partial charge >= 0.3 is 5.97 Å². The number of carbonyl (C=O) groups excluding carboxylic acids is 2. The van der Waals surface area contributed by atoms with Gasteiger partial charge in [-0.2, -0.15) is 0 Å². The minimum Gasteiger partial charge on any atom is -0.485 e. The van der Waals surface area contributed by atoms with Crippen LogP contribution in [0.15, 0.2) is 23.4 Å². The van der Waals surface area contributed by atoms with Crippen LogP contribution >= 0.6 is 23.1 Å². The molecule has 0 atom stereocenters. The van der Waals surface area contributed by atoms with E-state index in [1.165, 1.54) is 30.2 Å². The molecule has 1 aliphatic rings. The number of methoxy groups -OCH3 is 1. The summed E-state index contributed by atoms with van der Waals surface area (Å²) < 4.78 is 12.7. The number of rotatable bonds is 8. The summed E-state index contributed by atoms with van der Waals surface area (Å²) in [6.07, 6.45) is 3.91. The van der Waals surface area contributed by atoms with Gasteiger partial charge in [0.25, 0.3) is 0 Å². The van der Waals surface area contributed by atoms with E-state index in [1.807, 2.05) is 43.7 Å². The van der Waals surface area contributed by atoms with E-state index < -0.39 is 5.97 Å². The molecule has 34 heavy (non-hydrogen) atoms. The first-order valence-electron chi connectivity index (χ1n) is 11.1. The molecule has 2 heterocycles. The summed E-state index contributed by atoms with van der Waals surface area (Å²) >= 11 is 2.77. The van der Waals surface area contributed by atoms with Gasteiger partial charge in [0.2, 0.25) is 5.91 Å². The molecule has 8 nitrogen and oxygen atoms in total. The fourth-order valence-electron chi connectivity index (χ4n) is 3.87. The van der Waals surface area contributed by atoms with E-state index >= 15 is 0 Å². The number of carbonyl (C=O) groups is 2. The first kappa shape index (κ1) is 24.3. The molecule has 1 aliphatic carbocycles. The van der Waals surface area contributed by atoms with Crippen molar-refractivity contribution in [2.45, 2.75) is 51.3 Å². The van der Waals surface area contributed by atoms with Crippen LogP contribution in [-0.2, 0) is 36.0 Å². The summed E-state index contributed by atoms with van der Waals surface area (Å²) in [6, 6.07) is 6.07. The number of aromatic nitrogens is 3. The van der Waals surface area contributed by atoms with Crippen molar-refractivity contribution >= 4 is 40.0 Å². The molecule has 1 aromatic carbocycles. The fourth-order valence-corrected chi connectivity index (χ4v) is 5.89. The van der Waals surface area contributed by atoms with Crippen LogP contribution in [-0.4, -0.2) is 39.5 Å². The Bertz CT molecular complexity index is 1220. The van der Waals surface area contributed by atoms with Gasteiger partial charge in [-0.1, -0.05) is 23.9 Å². The Balaban J connectivity index is 1.38. The third-order valence-corrected chi connectivity index (χ3v) is 8.00.